The molecule has 24 heavy (non-hydrogen) atoms. The molecule has 2 aliphatic rings. The Kier molecular flexibility index (Phi) is 3.33. The van der Waals surface area contributed by atoms with Gasteiger partial charge in [0.15, 0.2) is 0 Å². The molecule has 2 aliphatic heterocycles. The van der Waals surface area contributed by atoms with E-state index in [0.717, 1.165) is 28.2 Å². The van der Waals surface area contributed by atoms with Gasteiger partial charge in [-0.1, -0.05) is 30.8 Å². The summed E-state index contributed by atoms with van der Waals surface area (Å²) in [7, 11) is -2.83. The number of hydrogen-bond acceptors (Lipinski definition) is 4. The Bertz CT molecular complexity index is 800. The zero-order valence-corrected chi connectivity index (χ0v) is 14.5. The number of nitrogens with one attached hydrogen (secondary N) is 1. The lowest BCUT2D eigenvalue weighted by molar-refractivity contribution is -0.122. The van der Waals surface area contributed by atoms with Crippen molar-refractivity contribution in [2.45, 2.75) is 25.4 Å². The second-order valence-corrected chi connectivity index (χ2v) is 9.70. The minimum atomic E-state index is -2.83. The van der Waals surface area contributed by atoms with Gasteiger partial charge in [-0.15, -0.1) is 0 Å². The van der Waals surface area contributed by atoms with Crippen molar-refractivity contribution in [3.8, 4) is 0 Å². The van der Waals surface area contributed by atoms with Crippen molar-refractivity contribution in [1.29, 1.82) is 0 Å². The predicted octanol–water partition coefficient (Wildman–Crippen LogP) is 1.01. The molecule has 1 amide bonds. The number of para-hydroxylation sites is 1. The molecule has 5 nitrogen and oxygen atoms in total. The fraction of sp³-hybridized carbons (Fsp3) is 0.222. The van der Waals surface area contributed by atoms with E-state index in [9.17, 15) is 9.59 Å². The smallest absolute Gasteiger partial charge is 0.255 e. The highest BCUT2D eigenvalue weighted by molar-refractivity contribution is 6.98. The van der Waals surface area contributed by atoms with Gasteiger partial charge in [-0.25, -0.2) is 4.98 Å². The van der Waals surface area contributed by atoms with Gasteiger partial charge in [0.2, 0.25) is 5.91 Å². The summed E-state index contributed by atoms with van der Waals surface area (Å²) in [4.78, 5) is 30.4. The third-order valence-electron chi connectivity index (χ3n) is 4.86. The molecule has 1 aromatic carbocycles. The third kappa shape index (κ3) is 2.11. The average Bonchev–Trinajstić information content (AvgIpc) is 2.57. The maximum Gasteiger partial charge on any atom is 0.255 e. The van der Waals surface area contributed by atoms with E-state index < -0.39 is 8.32 Å². The van der Waals surface area contributed by atoms with Crippen molar-refractivity contribution in [3.63, 3.8) is 0 Å². The van der Waals surface area contributed by atoms with E-state index in [1.807, 2.05) is 47.8 Å². The van der Waals surface area contributed by atoms with Crippen molar-refractivity contribution in [3.05, 3.63) is 54.9 Å². The maximum atomic E-state index is 12.6. The lowest BCUT2D eigenvalue weighted by atomic mass is 10.0. The molecule has 0 bridgehead atoms. The number of allylic oxidation sites excluding steroid dienone is 1. The lowest BCUT2D eigenvalue weighted by Gasteiger charge is -2.42. The molecule has 0 radical (unpaired) electrons. The zero-order chi connectivity index (χ0) is 16.9. The minimum Gasteiger partial charge on any atom is -0.424 e. The molecule has 2 unspecified atom stereocenters. The van der Waals surface area contributed by atoms with Crippen LogP contribution in [0.15, 0.2) is 54.9 Å². The number of amides is 1. The van der Waals surface area contributed by atoms with Crippen LogP contribution in [0.5, 0.6) is 0 Å². The normalized spacial score (nSPS) is 25.8. The number of piperidine rings is 1. The van der Waals surface area contributed by atoms with Crippen LogP contribution in [0.2, 0.25) is 6.55 Å². The number of fused-ring (bicyclic) bond motifs is 2. The van der Waals surface area contributed by atoms with Crippen molar-refractivity contribution in [1.82, 2.24) is 10.3 Å². The fourth-order valence-electron chi connectivity index (χ4n) is 3.65. The van der Waals surface area contributed by atoms with Crippen LogP contribution >= 0.6 is 0 Å². The van der Waals surface area contributed by atoms with Gasteiger partial charge < -0.3 is 15.0 Å². The van der Waals surface area contributed by atoms with E-state index in [-0.39, 0.29) is 11.9 Å². The van der Waals surface area contributed by atoms with Crippen LogP contribution in [-0.2, 0) is 4.79 Å². The highest BCUT2D eigenvalue weighted by atomic mass is 28.4. The molecule has 0 saturated carbocycles. The third-order valence-corrected chi connectivity index (χ3v) is 7.77. The number of pyridine rings is 1. The molecule has 2 N–H and O–H groups in total. The molecule has 2 atom stereocenters. The molecule has 1 fully saturated rings. The van der Waals surface area contributed by atoms with Gasteiger partial charge in [0.05, 0.1) is 0 Å². The molecule has 4 rings (SSSR count). The quantitative estimate of drug-likeness (QED) is 0.762. The lowest BCUT2D eigenvalue weighted by Crippen LogP contribution is -2.64. The van der Waals surface area contributed by atoms with Crippen LogP contribution in [0.3, 0.4) is 0 Å². The number of benzene rings is 1. The number of aromatic nitrogens is 1. The summed E-state index contributed by atoms with van der Waals surface area (Å²) in [6.45, 7) is 5.77. The van der Waals surface area contributed by atoms with Crippen molar-refractivity contribution >= 4 is 36.1 Å². The fourth-order valence-corrected chi connectivity index (χ4v) is 6.10. The zero-order valence-electron chi connectivity index (χ0n) is 13.5. The summed E-state index contributed by atoms with van der Waals surface area (Å²) in [6.07, 6.45) is 3.13. The van der Waals surface area contributed by atoms with Gasteiger partial charge in [-0.3, -0.25) is 4.79 Å². The van der Waals surface area contributed by atoms with Crippen LogP contribution in [0.4, 0.5) is 11.5 Å². The Labute approximate surface area is 141 Å². The molecule has 0 aliphatic carbocycles. The number of rotatable bonds is 1. The molecule has 1 saturated heterocycles. The van der Waals surface area contributed by atoms with E-state index in [0.29, 0.717) is 12.2 Å². The monoisotopic (exact) mass is 337 g/mol. The van der Waals surface area contributed by atoms with E-state index in [2.05, 4.69) is 16.9 Å². The highest BCUT2D eigenvalue weighted by Gasteiger charge is 2.45. The summed E-state index contributed by atoms with van der Waals surface area (Å²) < 4.78 is 0. The summed E-state index contributed by atoms with van der Waals surface area (Å²) in [6, 6.07) is 11.2. The van der Waals surface area contributed by atoms with Gasteiger partial charge in [0, 0.05) is 22.8 Å². The van der Waals surface area contributed by atoms with Crippen molar-refractivity contribution in [2.75, 3.05) is 4.90 Å². The van der Waals surface area contributed by atoms with Gasteiger partial charge in [0.25, 0.3) is 8.32 Å². The molecule has 3 heterocycles. The number of hydrogen-bond donors (Lipinski definition) is 2. The van der Waals surface area contributed by atoms with Gasteiger partial charge >= 0.3 is 0 Å². The predicted molar refractivity (Wildman–Crippen MR) is 96.2 cm³/mol. The van der Waals surface area contributed by atoms with Crippen LogP contribution < -0.4 is 20.6 Å². The standard InChI is InChI=1S/C18H19N3O2Si/c1-12-9-10-14(18(22)20-12)21-13-6-3-4-7-15(13)24(2,23)16-8-5-11-19-17(16)21/h3-8,11,14,23H,1,9-10H2,2H3,(H,20,22). The summed E-state index contributed by atoms with van der Waals surface area (Å²) in [5.41, 5.74) is 1.64. The average molecular weight is 337 g/mol. The van der Waals surface area contributed by atoms with Gasteiger partial charge in [-0.05, 0) is 36.7 Å². The van der Waals surface area contributed by atoms with Crippen LogP contribution in [0.25, 0.3) is 0 Å². The number of carbonyl (C=O) groups is 1. The van der Waals surface area contributed by atoms with Crippen LogP contribution in [-0.4, -0.2) is 30.0 Å². The highest BCUT2D eigenvalue weighted by Crippen LogP contribution is 2.33. The maximum absolute atomic E-state index is 12.6. The topological polar surface area (TPSA) is 65.5 Å². The van der Waals surface area contributed by atoms with E-state index in [4.69, 9.17) is 0 Å². The molecular formula is C18H19N3O2Si. The molecule has 1 aromatic heterocycles. The summed E-state index contributed by atoms with van der Waals surface area (Å²) >= 11 is 0. The van der Waals surface area contributed by atoms with Crippen molar-refractivity contribution in [2.24, 2.45) is 0 Å². The molecule has 6 heteroatoms. The second kappa shape index (κ2) is 5.29. The summed E-state index contributed by atoms with van der Waals surface area (Å²) in [5.74, 6) is 0.626. The van der Waals surface area contributed by atoms with Crippen LogP contribution in [0.1, 0.15) is 12.8 Å². The van der Waals surface area contributed by atoms with Crippen LogP contribution in [0, 0.1) is 0 Å². The van der Waals surface area contributed by atoms with E-state index >= 15 is 0 Å². The number of nitrogens with zero attached hydrogens (tertiary/aromatic N) is 2. The Hall–Kier alpha value is -2.44. The van der Waals surface area contributed by atoms with E-state index in [1.54, 1.807) is 6.20 Å². The molecule has 122 valence electrons. The molecule has 0 spiro atoms. The first kappa shape index (κ1) is 15.1. The first-order valence-electron chi connectivity index (χ1n) is 8.05. The van der Waals surface area contributed by atoms with Crippen molar-refractivity contribution < 1.29 is 9.59 Å². The SMILES string of the molecule is C=C1CCC(N2c3ccccc3[Si](C)(O)c3cccnc32)C(=O)N1. The van der Waals surface area contributed by atoms with E-state index in [1.165, 1.54) is 0 Å². The Morgan fingerprint density at radius 2 is 2.04 bits per heavy atom. The molecular weight excluding hydrogens is 318 g/mol. The first-order chi connectivity index (χ1) is 11.5. The Balaban J connectivity index is 1.92. The van der Waals surface area contributed by atoms with Gasteiger partial charge in [0.1, 0.15) is 11.9 Å². The second-order valence-electron chi connectivity index (χ2n) is 6.48. The Morgan fingerprint density at radius 3 is 2.83 bits per heavy atom. The first-order valence-corrected chi connectivity index (χ1v) is 10.5. The Morgan fingerprint density at radius 1 is 1.29 bits per heavy atom. The minimum absolute atomic E-state index is 0.0686. The number of carbonyl (C=O) groups excluding carboxylic acids is 1. The van der Waals surface area contributed by atoms with Gasteiger partial charge in [-0.2, -0.15) is 0 Å². The largest absolute Gasteiger partial charge is 0.424 e. The molecule has 2 aromatic rings. The summed E-state index contributed by atoms with van der Waals surface area (Å²) in [5, 5.41) is 4.62. The number of anilines is 2.